The van der Waals surface area contributed by atoms with Crippen molar-refractivity contribution in [3.8, 4) is 0 Å². The summed E-state index contributed by atoms with van der Waals surface area (Å²) >= 11 is 0. The third-order valence-electron chi connectivity index (χ3n) is 2.30. The molecule has 58 valence electrons. The highest BCUT2D eigenvalue weighted by Crippen LogP contribution is 2.13. The fraction of sp³-hybridized carbons (Fsp3) is 1.00. The summed E-state index contributed by atoms with van der Waals surface area (Å²) in [5.41, 5.74) is 0. The van der Waals surface area contributed by atoms with E-state index in [4.69, 9.17) is 4.74 Å². The van der Waals surface area contributed by atoms with E-state index in [1.807, 2.05) is 0 Å². The Morgan fingerprint density at radius 2 is 2.00 bits per heavy atom. The van der Waals surface area contributed by atoms with E-state index in [1.165, 1.54) is 0 Å². The maximum Gasteiger partial charge on any atom is 0.0752 e. The summed E-state index contributed by atoms with van der Waals surface area (Å²) in [6.45, 7) is 5.19. The van der Waals surface area contributed by atoms with Crippen LogP contribution in [0.1, 0.15) is 0 Å². The molecule has 2 aliphatic rings. The van der Waals surface area contributed by atoms with Gasteiger partial charge in [0.05, 0.1) is 12.7 Å². The summed E-state index contributed by atoms with van der Waals surface area (Å²) in [7, 11) is 0. The van der Waals surface area contributed by atoms with Crippen molar-refractivity contribution in [3.05, 3.63) is 0 Å². The summed E-state index contributed by atoms with van der Waals surface area (Å²) in [5.74, 6) is 0.711. The van der Waals surface area contributed by atoms with E-state index in [2.05, 4.69) is 10.6 Å². The van der Waals surface area contributed by atoms with Gasteiger partial charge in [-0.1, -0.05) is 0 Å². The van der Waals surface area contributed by atoms with E-state index < -0.39 is 0 Å². The van der Waals surface area contributed by atoms with Crippen LogP contribution in [-0.4, -0.2) is 38.9 Å². The predicted octanol–water partition coefficient (Wildman–Crippen LogP) is -0.806. The maximum absolute atomic E-state index is 5.60. The van der Waals surface area contributed by atoms with Crippen molar-refractivity contribution >= 4 is 0 Å². The van der Waals surface area contributed by atoms with E-state index in [-0.39, 0.29) is 0 Å². The topological polar surface area (TPSA) is 33.3 Å². The third-order valence-corrected chi connectivity index (χ3v) is 2.30. The van der Waals surface area contributed by atoms with Crippen molar-refractivity contribution < 1.29 is 4.74 Å². The highest BCUT2D eigenvalue weighted by Gasteiger charge is 2.28. The fourth-order valence-corrected chi connectivity index (χ4v) is 1.68. The molecule has 0 amide bonds. The van der Waals surface area contributed by atoms with Crippen LogP contribution < -0.4 is 10.6 Å². The molecule has 0 spiro atoms. The Balaban J connectivity index is 1.95. The molecule has 0 aromatic carbocycles. The van der Waals surface area contributed by atoms with Gasteiger partial charge in [0.2, 0.25) is 0 Å². The Bertz CT molecular complexity index is 106. The zero-order valence-electron chi connectivity index (χ0n) is 6.10. The van der Waals surface area contributed by atoms with Crippen LogP contribution >= 0.6 is 0 Å². The lowest BCUT2D eigenvalue weighted by Crippen LogP contribution is -2.27. The lowest BCUT2D eigenvalue weighted by Gasteiger charge is -2.13. The molecule has 2 atom stereocenters. The average molecular weight is 142 g/mol. The molecule has 2 N–H and O–H groups in total. The first-order valence-corrected chi connectivity index (χ1v) is 4.00. The monoisotopic (exact) mass is 142 g/mol. The Hall–Kier alpha value is -0.120. The number of ether oxygens (including phenoxy) is 1. The van der Waals surface area contributed by atoms with Crippen LogP contribution in [0.5, 0.6) is 0 Å². The zero-order chi connectivity index (χ0) is 6.81. The van der Waals surface area contributed by atoms with Crippen LogP contribution in [0.4, 0.5) is 0 Å². The number of fused-ring (bicyclic) bond motifs is 1. The van der Waals surface area contributed by atoms with Gasteiger partial charge < -0.3 is 15.4 Å². The van der Waals surface area contributed by atoms with Crippen molar-refractivity contribution in [3.63, 3.8) is 0 Å². The molecule has 0 saturated carbocycles. The summed E-state index contributed by atoms with van der Waals surface area (Å²) < 4.78 is 5.60. The predicted molar refractivity (Wildman–Crippen MR) is 39.0 cm³/mol. The Labute approximate surface area is 61.1 Å². The summed E-state index contributed by atoms with van der Waals surface area (Å²) in [5, 5.41) is 6.68. The minimum atomic E-state index is 0.481. The van der Waals surface area contributed by atoms with Gasteiger partial charge in [-0.05, 0) is 0 Å². The van der Waals surface area contributed by atoms with Gasteiger partial charge in [0, 0.05) is 32.1 Å². The molecule has 2 unspecified atom stereocenters. The lowest BCUT2D eigenvalue weighted by atomic mass is 10.1. The number of hydrogen-bond donors (Lipinski definition) is 2. The van der Waals surface area contributed by atoms with Crippen LogP contribution in [0.3, 0.4) is 0 Å². The van der Waals surface area contributed by atoms with Crippen LogP contribution in [-0.2, 0) is 4.74 Å². The molecule has 2 aliphatic heterocycles. The normalized spacial score (nSPS) is 40.8. The number of rotatable bonds is 0. The number of nitrogens with one attached hydrogen (secondary N) is 2. The van der Waals surface area contributed by atoms with E-state index in [9.17, 15) is 0 Å². The van der Waals surface area contributed by atoms with Crippen molar-refractivity contribution in [2.24, 2.45) is 5.92 Å². The Morgan fingerprint density at radius 3 is 3.00 bits per heavy atom. The van der Waals surface area contributed by atoms with Crippen molar-refractivity contribution in [2.45, 2.75) is 6.10 Å². The summed E-state index contributed by atoms with van der Waals surface area (Å²) in [4.78, 5) is 0. The number of hydrogen-bond acceptors (Lipinski definition) is 3. The minimum Gasteiger partial charge on any atom is -0.375 e. The van der Waals surface area contributed by atoms with E-state index in [0.717, 1.165) is 32.8 Å². The molecule has 0 aromatic rings. The molecule has 2 fully saturated rings. The minimum absolute atomic E-state index is 0.481. The van der Waals surface area contributed by atoms with Crippen molar-refractivity contribution in [1.82, 2.24) is 10.6 Å². The first-order valence-electron chi connectivity index (χ1n) is 4.00. The molecular weight excluding hydrogens is 128 g/mol. The van der Waals surface area contributed by atoms with Gasteiger partial charge in [0.15, 0.2) is 0 Å². The maximum atomic E-state index is 5.60. The standard InChI is InChI=1S/C7H14N2O/c1-2-10-7-5-9-4-6(7)3-8-1/h6-9H,1-5H2. The van der Waals surface area contributed by atoms with Gasteiger partial charge >= 0.3 is 0 Å². The highest BCUT2D eigenvalue weighted by molar-refractivity contribution is 4.84. The smallest absolute Gasteiger partial charge is 0.0752 e. The van der Waals surface area contributed by atoms with Gasteiger partial charge in [-0.2, -0.15) is 0 Å². The zero-order valence-corrected chi connectivity index (χ0v) is 6.10. The summed E-state index contributed by atoms with van der Waals surface area (Å²) in [6.07, 6.45) is 0.481. The van der Waals surface area contributed by atoms with E-state index >= 15 is 0 Å². The highest BCUT2D eigenvalue weighted by atomic mass is 16.5. The molecular formula is C7H14N2O. The van der Waals surface area contributed by atoms with Gasteiger partial charge in [-0.25, -0.2) is 0 Å². The van der Waals surface area contributed by atoms with Gasteiger partial charge in [-0.15, -0.1) is 0 Å². The summed E-state index contributed by atoms with van der Waals surface area (Å²) in [6, 6.07) is 0. The molecule has 2 rings (SSSR count). The van der Waals surface area contributed by atoms with Crippen molar-refractivity contribution in [2.75, 3.05) is 32.8 Å². The quantitative estimate of drug-likeness (QED) is 0.464. The van der Waals surface area contributed by atoms with E-state index in [1.54, 1.807) is 0 Å². The van der Waals surface area contributed by atoms with Crippen LogP contribution in [0.2, 0.25) is 0 Å². The largest absolute Gasteiger partial charge is 0.375 e. The van der Waals surface area contributed by atoms with Gasteiger partial charge in [0.1, 0.15) is 0 Å². The molecule has 3 nitrogen and oxygen atoms in total. The third kappa shape index (κ3) is 1.17. The van der Waals surface area contributed by atoms with Crippen LogP contribution in [0.15, 0.2) is 0 Å². The Morgan fingerprint density at radius 1 is 1.10 bits per heavy atom. The molecule has 0 aliphatic carbocycles. The second kappa shape index (κ2) is 2.86. The van der Waals surface area contributed by atoms with Gasteiger partial charge in [-0.3, -0.25) is 0 Å². The molecule has 0 aromatic heterocycles. The SMILES string of the molecule is C1COC2CNCC2CN1. The Kier molecular flexibility index (Phi) is 1.88. The molecule has 0 bridgehead atoms. The van der Waals surface area contributed by atoms with Crippen LogP contribution in [0, 0.1) is 5.92 Å². The lowest BCUT2D eigenvalue weighted by molar-refractivity contribution is 0.0579. The molecule has 10 heavy (non-hydrogen) atoms. The second-order valence-electron chi connectivity index (χ2n) is 3.03. The first kappa shape index (κ1) is 6.58. The second-order valence-corrected chi connectivity index (χ2v) is 3.03. The molecule has 0 radical (unpaired) electrons. The van der Waals surface area contributed by atoms with Gasteiger partial charge in [0.25, 0.3) is 0 Å². The van der Waals surface area contributed by atoms with Crippen molar-refractivity contribution in [1.29, 1.82) is 0 Å². The molecule has 2 heterocycles. The molecule has 2 saturated heterocycles. The van der Waals surface area contributed by atoms with E-state index in [0.29, 0.717) is 12.0 Å². The van der Waals surface area contributed by atoms with Crippen LogP contribution in [0.25, 0.3) is 0 Å². The molecule has 3 heteroatoms. The fourth-order valence-electron chi connectivity index (χ4n) is 1.68. The average Bonchev–Trinajstić information content (AvgIpc) is 2.28. The first-order chi connectivity index (χ1) is 4.97.